The number of rotatable bonds is 8. The first-order chi connectivity index (χ1) is 19.5. The number of benzene rings is 4. The minimum atomic E-state index is -0.490. The molecule has 0 saturated heterocycles. The summed E-state index contributed by atoms with van der Waals surface area (Å²) in [5.74, 6) is 0.524. The van der Waals surface area contributed by atoms with Crippen molar-refractivity contribution in [2.45, 2.75) is 39.3 Å². The standard InChI is InChI=1S/C33H31BrN4O2/c1-3-23-17-19-27(20-18-23)38-31(36-29-16-9-8-15-28(29)32(38)39)30(4-2)37(22-24-11-6-5-7-12-24)33(40)35-26-14-10-13-25(34)21-26/h5-21,30H,3-4,22H2,1-2H3,(H,35,40). The van der Waals surface area contributed by atoms with E-state index in [1.807, 2.05) is 104 Å². The summed E-state index contributed by atoms with van der Waals surface area (Å²) in [4.78, 5) is 34.8. The average molecular weight is 596 g/mol. The van der Waals surface area contributed by atoms with E-state index in [1.165, 1.54) is 5.56 Å². The number of nitrogens with one attached hydrogen (secondary N) is 1. The van der Waals surface area contributed by atoms with Crippen LogP contribution in [0.2, 0.25) is 0 Å². The van der Waals surface area contributed by atoms with Gasteiger partial charge in [-0.3, -0.25) is 9.36 Å². The summed E-state index contributed by atoms with van der Waals surface area (Å²) in [6.07, 6.45) is 1.45. The third kappa shape index (κ3) is 5.84. The molecule has 2 amide bonds. The van der Waals surface area contributed by atoms with Crippen molar-refractivity contribution in [1.82, 2.24) is 14.5 Å². The van der Waals surface area contributed by atoms with Gasteiger partial charge in [0, 0.05) is 16.7 Å². The lowest BCUT2D eigenvalue weighted by molar-refractivity contribution is 0.177. The molecule has 6 nitrogen and oxygen atoms in total. The number of nitrogens with zero attached hydrogens (tertiary/aromatic N) is 3. The van der Waals surface area contributed by atoms with Gasteiger partial charge in [0.2, 0.25) is 0 Å². The van der Waals surface area contributed by atoms with Gasteiger partial charge in [-0.1, -0.05) is 90.4 Å². The van der Waals surface area contributed by atoms with Gasteiger partial charge in [-0.25, -0.2) is 9.78 Å². The summed E-state index contributed by atoms with van der Waals surface area (Å²) in [5, 5.41) is 3.59. The smallest absolute Gasteiger partial charge is 0.310 e. The fourth-order valence-corrected chi connectivity index (χ4v) is 5.31. The number of anilines is 1. The van der Waals surface area contributed by atoms with Gasteiger partial charge < -0.3 is 10.2 Å². The molecule has 0 fully saturated rings. The lowest BCUT2D eigenvalue weighted by Gasteiger charge is -2.32. The first-order valence-electron chi connectivity index (χ1n) is 13.5. The van der Waals surface area contributed by atoms with Crippen molar-refractivity contribution in [3.8, 4) is 5.69 Å². The van der Waals surface area contributed by atoms with E-state index in [0.29, 0.717) is 35.4 Å². The third-order valence-electron chi connectivity index (χ3n) is 7.00. The van der Waals surface area contributed by atoms with Crippen LogP contribution in [0.4, 0.5) is 10.5 Å². The number of carbonyl (C=O) groups is 1. The molecule has 1 atom stereocenters. The molecule has 1 N–H and O–H groups in total. The molecule has 0 saturated carbocycles. The topological polar surface area (TPSA) is 67.2 Å². The van der Waals surface area contributed by atoms with E-state index in [4.69, 9.17) is 4.98 Å². The first kappa shape index (κ1) is 27.3. The molecule has 1 aromatic heterocycles. The van der Waals surface area contributed by atoms with Crippen LogP contribution in [-0.2, 0) is 13.0 Å². The second-order valence-electron chi connectivity index (χ2n) is 9.63. The number of carbonyl (C=O) groups excluding carboxylic acids is 1. The highest BCUT2D eigenvalue weighted by molar-refractivity contribution is 9.10. The van der Waals surface area contributed by atoms with E-state index >= 15 is 0 Å². The highest BCUT2D eigenvalue weighted by Crippen LogP contribution is 2.29. The first-order valence-corrected chi connectivity index (χ1v) is 14.3. The van der Waals surface area contributed by atoms with Crippen LogP contribution < -0.4 is 10.9 Å². The van der Waals surface area contributed by atoms with Crippen LogP contribution in [0.5, 0.6) is 0 Å². The molecule has 40 heavy (non-hydrogen) atoms. The second-order valence-corrected chi connectivity index (χ2v) is 10.5. The molecule has 1 heterocycles. The molecule has 0 bridgehead atoms. The Morgan fingerprint density at radius 3 is 2.33 bits per heavy atom. The molecule has 0 radical (unpaired) electrons. The number of aryl methyl sites for hydroxylation is 1. The van der Waals surface area contributed by atoms with Gasteiger partial charge in [-0.15, -0.1) is 0 Å². The van der Waals surface area contributed by atoms with Gasteiger partial charge in [0.15, 0.2) is 0 Å². The summed E-state index contributed by atoms with van der Waals surface area (Å²) in [6, 6.07) is 31.9. The molecule has 0 aliphatic rings. The van der Waals surface area contributed by atoms with Crippen molar-refractivity contribution in [3.63, 3.8) is 0 Å². The Balaban J connectivity index is 1.67. The fourth-order valence-electron chi connectivity index (χ4n) is 4.91. The van der Waals surface area contributed by atoms with E-state index in [9.17, 15) is 9.59 Å². The van der Waals surface area contributed by atoms with Gasteiger partial charge in [-0.2, -0.15) is 0 Å². The van der Waals surface area contributed by atoms with Gasteiger partial charge in [-0.05, 0) is 66.4 Å². The van der Waals surface area contributed by atoms with Crippen LogP contribution in [0.3, 0.4) is 0 Å². The van der Waals surface area contributed by atoms with E-state index in [0.717, 1.165) is 22.1 Å². The quantitative estimate of drug-likeness (QED) is 0.198. The summed E-state index contributed by atoms with van der Waals surface area (Å²) in [5.41, 5.74) is 4.00. The van der Waals surface area contributed by atoms with E-state index in [-0.39, 0.29) is 11.6 Å². The molecule has 1 unspecified atom stereocenters. The predicted molar refractivity (Wildman–Crippen MR) is 165 cm³/mol. The Morgan fingerprint density at radius 1 is 0.900 bits per heavy atom. The minimum absolute atomic E-state index is 0.157. The summed E-state index contributed by atoms with van der Waals surface area (Å²) in [7, 11) is 0. The van der Waals surface area contributed by atoms with Crippen LogP contribution in [0, 0.1) is 0 Å². The molecule has 5 aromatic rings. The number of urea groups is 1. The van der Waals surface area contributed by atoms with Crippen LogP contribution in [0.25, 0.3) is 16.6 Å². The van der Waals surface area contributed by atoms with Crippen molar-refractivity contribution in [2.75, 3.05) is 5.32 Å². The molecule has 4 aromatic carbocycles. The Bertz CT molecular complexity index is 1680. The summed E-state index contributed by atoms with van der Waals surface area (Å²) in [6.45, 7) is 4.46. The molecule has 7 heteroatoms. The second kappa shape index (κ2) is 12.3. The van der Waals surface area contributed by atoms with Gasteiger partial charge in [0.25, 0.3) is 5.56 Å². The SMILES string of the molecule is CCc1ccc(-n2c(C(CC)N(Cc3ccccc3)C(=O)Nc3cccc(Br)c3)nc3ccccc3c2=O)cc1. The zero-order chi connectivity index (χ0) is 28.1. The molecular weight excluding hydrogens is 564 g/mol. The Hall–Kier alpha value is -4.23. The largest absolute Gasteiger partial charge is 0.322 e. The maximum absolute atomic E-state index is 14.0. The average Bonchev–Trinajstić information content (AvgIpc) is 2.98. The molecule has 0 spiro atoms. The summed E-state index contributed by atoms with van der Waals surface area (Å²) < 4.78 is 2.54. The molecular formula is C33H31BrN4O2. The molecule has 5 rings (SSSR count). The van der Waals surface area contributed by atoms with E-state index in [2.05, 4.69) is 28.2 Å². The van der Waals surface area contributed by atoms with Gasteiger partial charge in [0.1, 0.15) is 5.82 Å². The normalized spacial score (nSPS) is 11.8. The van der Waals surface area contributed by atoms with Gasteiger partial charge >= 0.3 is 6.03 Å². The van der Waals surface area contributed by atoms with Crippen molar-refractivity contribution in [2.24, 2.45) is 0 Å². The lowest BCUT2D eigenvalue weighted by atomic mass is 10.1. The maximum Gasteiger partial charge on any atom is 0.322 e. The number of aromatic nitrogens is 2. The Labute approximate surface area is 242 Å². The minimum Gasteiger partial charge on any atom is -0.310 e. The van der Waals surface area contributed by atoms with Crippen LogP contribution in [-0.4, -0.2) is 20.5 Å². The molecule has 0 aliphatic heterocycles. The fraction of sp³-hybridized carbons (Fsp3) is 0.182. The zero-order valence-corrected chi connectivity index (χ0v) is 24.1. The number of hydrogen-bond acceptors (Lipinski definition) is 3. The highest BCUT2D eigenvalue weighted by atomic mass is 79.9. The van der Waals surface area contributed by atoms with Crippen molar-refractivity contribution < 1.29 is 4.79 Å². The van der Waals surface area contributed by atoms with Crippen LogP contribution in [0.15, 0.2) is 112 Å². The summed E-state index contributed by atoms with van der Waals surface area (Å²) >= 11 is 3.49. The number of halogens is 1. The monoisotopic (exact) mass is 594 g/mol. The van der Waals surface area contributed by atoms with Crippen molar-refractivity contribution in [1.29, 1.82) is 0 Å². The van der Waals surface area contributed by atoms with E-state index < -0.39 is 6.04 Å². The Morgan fingerprint density at radius 2 is 1.62 bits per heavy atom. The number of hydrogen-bond donors (Lipinski definition) is 1. The highest BCUT2D eigenvalue weighted by Gasteiger charge is 2.29. The molecule has 0 aliphatic carbocycles. The molecule has 202 valence electrons. The number of fused-ring (bicyclic) bond motifs is 1. The van der Waals surface area contributed by atoms with Crippen LogP contribution >= 0.6 is 15.9 Å². The predicted octanol–water partition coefficient (Wildman–Crippen LogP) is 7.90. The number of para-hydroxylation sites is 1. The van der Waals surface area contributed by atoms with Crippen LogP contribution in [0.1, 0.15) is 43.3 Å². The Kier molecular flexibility index (Phi) is 8.41. The third-order valence-corrected chi connectivity index (χ3v) is 7.49. The van der Waals surface area contributed by atoms with Crippen molar-refractivity contribution in [3.05, 3.63) is 135 Å². The van der Waals surface area contributed by atoms with Gasteiger partial charge in [0.05, 0.1) is 22.6 Å². The lowest BCUT2D eigenvalue weighted by Crippen LogP contribution is -2.40. The maximum atomic E-state index is 14.0. The van der Waals surface area contributed by atoms with Crippen molar-refractivity contribution >= 4 is 38.6 Å². The number of amides is 2. The van der Waals surface area contributed by atoms with E-state index in [1.54, 1.807) is 15.5 Å². The zero-order valence-electron chi connectivity index (χ0n) is 22.5.